The Balaban J connectivity index is 1.75. The molecule has 2 unspecified atom stereocenters. The fourth-order valence-corrected chi connectivity index (χ4v) is 3.93. The molecule has 0 radical (unpaired) electrons. The SMILES string of the molecule is CC(C)(C)c1ccc(-c2nc(N3CC4CC3CN4)nc(C(Cl)(Cl)Cl)n2)cc1. The van der Waals surface area contributed by atoms with Crippen LogP contribution in [0.3, 0.4) is 0 Å². The van der Waals surface area contributed by atoms with Crippen molar-refractivity contribution in [2.75, 3.05) is 18.0 Å². The minimum Gasteiger partial charge on any atom is -0.335 e. The van der Waals surface area contributed by atoms with E-state index in [-0.39, 0.29) is 11.2 Å². The third kappa shape index (κ3) is 3.88. The number of benzene rings is 1. The highest BCUT2D eigenvalue weighted by Crippen LogP contribution is 2.38. The molecule has 2 aromatic rings. The lowest BCUT2D eigenvalue weighted by Gasteiger charge is -2.28. The second-order valence-electron chi connectivity index (χ2n) is 8.25. The molecule has 4 rings (SSSR count). The summed E-state index contributed by atoms with van der Waals surface area (Å²) in [5.74, 6) is 1.26. The fourth-order valence-electron chi connectivity index (χ4n) is 3.67. The fraction of sp³-hybridized carbons (Fsp3) is 0.526. The summed E-state index contributed by atoms with van der Waals surface area (Å²) in [7, 11) is 0. The summed E-state index contributed by atoms with van der Waals surface area (Å²) in [5, 5.41) is 3.48. The van der Waals surface area contributed by atoms with E-state index in [2.05, 4.69) is 53.1 Å². The first-order valence-electron chi connectivity index (χ1n) is 9.05. The van der Waals surface area contributed by atoms with Crippen LogP contribution in [0.5, 0.6) is 0 Å². The Kier molecular flexibility index (Phi) is 4.78. The molecule has 0 spiro atoms. The minimum atomic E-state index is -1.70. The predicted octanol–water partition coefficient (Wildman–Crippen LogP) is 4.21. The van der Waals surface area contributed by atoms with Gasteiger partial charge >= 0.3 is 0 Å². The Morgan fingerprint density at radius 2 is 1.74 bits per heavy atom. The third-order valence-electron chi connectivity index (χ3n) is 5.20. The van der Waals surface area contributed by atoms with Gasteiger partial charge in [-0.2, -0.15) is 9.97 Å². The molecular formula is C19H22Cl3N5. The maximum Gasteiger partial charge on any atom is 0.250 e. The van der Waals surface area contributed by atoms with Crippen LogP contribution < -0.4 is 10.2 Å². The van der Waals surface area contributed by atoms with Crippen molar-refractivity contribution in [2.45, 2.75) is 48.5 Å². The molecule has 5 nitrogen and oxygen atoms in total. The van der Waals surface area contributed by atoms with E-state index >= 15 is 0 Å². The van der Waals surface area contributed by atoms with Crippen LogP contribution in [0.15, 0.2) is 24.3 Å². The molecule has 2 fully saturated rings. The largest absolute Gasteiger partial charge is 0.335 e. The van der Waals surface area contributed by atoms with Gasteiger partial charge in [-0.1, -0.05) is 79.8 Å². The number of nitrogens with zero attached hydrogens (tertiary/aromatic N) is 4. The second-order valence-corrected chi connectivity index (χ2v) is 10.5. The van der Waals surface area contributed by atoms with Crippen LogP contribution in [-0.2, 0) is 9.21 Å². The highest BCUT2D eigenvalue weighted by molar-refractivity contribution is 6.66. The molecule has 0 amide bonds. The lowest BCUT2D eigenvalue weighted by atomic mass is 9.87. The molecule has 2 aliphatic heterocycles. The van der Waals surface area contributed by atoms with Gasteiger partial charge in [0.1, 0.15) is 0 Å². The quantitative estimate of drug-likeness (QED) is 0.729. The van der Waals surface area contributed by atoms with Crippen molar-refractivity contribution in [3.63, 3.8) is 0 Å². The van der Waals surface area contributed by atoms with Crippen LogP contribution in [0.1, 0.15) is 38.6 Å². The van der Waals surface area contributed by atoms with Gasteiger partial charge < -0.3 is 10.2 Å². The molecule has 1 aromatic carbocycles. The summed E-state index contributed by atoms with van der Waals surface area (Å²) in [6, 6.07) is 9.05. The number of rotatable bonds is 2. The molecule has 3 heterocycles. The average molecular weight is 427 g/mol. The highest BCUT2D eigenvalue weighted by atomic mass is 35.6. The van der Waals surface area contributed by atoms with Gasteiger partial charge in [0.25, 0.3) is 0 Å². The highest BCUT2D eigenvalue weighted by Gasteiger charge is 2.40. The molecule has 1 aromatic heterocycles. The van der Waals surface area contributed by atoms with Crippen LogP contribution in [0.2, 0.25) is 0 Å². The zero-order valence-electron chi connectivity index (χ0n) is 15.5. The molecule has 0 aliphatic carbocycles. The molecule has 2 aliphatic rings. The van der Waals surface area contributed by atoms with E-state index in [9.17, 15) is 0 Å². The standard InChI is InChI=1S/C19H22Cl3N5/c1-18(2,3)12-6-4-11(5-7-12)15-24-16(19(20,21)22)26-17(25-15)27-10-13-8-14(27)9-23-13/h4-7,13-14,23H,8-10H2,1-3H3. The summed E-state index contributed by atoms with van der Waals surface area (Å²) < 4.78 is -1.70. The Morgan fingerprint density at radius 3 is 2.26 bits per heavy atom. The molecule has 1 N–H and O–H groups in total. The Hall–Kier alpha value is -1.14. The van der Waals surface area contributed by atoms with E-state index in [1.807, 2.05) is 12.1 Å². The molecule has 2 atom stereocenters. The molecule has 2 bridgehead atoms. The summed E-state index contributed by atoms with van der Waals surface area (Å²) in [6.45, 7) is 8.33. The van der Waals surface area contributed by atoms with Crippen LogP contribution in [0.4, 0.5) is 5.95 Å². The van der Waals surface area contributed by atoms with Crippen LogP contribution in [-0.4, -0.2) is 40.1 Å². The van der Waals surface area contributed by atoms with Gasteiger partial charge in [-0.25, -0.2) is 4.98 Å². The lowest BCUT2D eigenvalue weighted by molar-refractivity contribution is 0.570. The minimum absolute atomic E-state index is 0.0767. The van der Waals surface area contributed by atoms with E-state index in [1.54, 1.807) is 0 Å². The maximum atomic E-state index is 6.11. The van der Waals surface area contributed by atoms with Gasteiger partial charge in [0.15, 0.2) is 11.6 Å². The lowest BCUT2D eigenvalue weighted by Crippen LogP contribution is -2.44. The number of nitrogens with one attached hydrogen (secondary N) is 1. The van der Waals surface area contributed by atoms with Gasteiger partial charge in [-0.15, -0.1) is 0 Å². The van der Waals surface area contributed by atoms with Gasteiger partial charge in [0.2, 0.25) is 9.74 Å². The van der Waals surface area contributed by atoms with E-state index < -0.39 is 3.79 Å². The normalized spacial score (nSPS) is 22.5. The number of fused-ring (bicyclic) bond motifs is 2. The predicted molar refractivity (Wildman–Crippen MR) is 111 cm³/mol. The smallest absolute Gasteiger partial charge is 0.250 e. The van der Waals surface area contributed by atoms with Crippen molar-refractivity contribution < 1.29 is 0 Å². The van der Waals surface area contributed by atoms with Crippen LogP contribution >= 0.6 is 34.8 Å². The maximum absolute atomic E-state index is 6.11. The number of alkyl halides is 3. The number of hydrogen-bond donors (Lipinski definition) is 1. The zero-order valence-corrected chi connectivity index (χ0v) is 17.8. The Labute approximate surface area is 174 Å². The van der Waals surface area contributed by atoms with Crippen LogP contribution in [0.25, 0.3) is 11.4 Å². The summed E-state index contributed by atoms with van der Waals surface area (Å²) >= 11 is 18.3. The third-order valence-corrected chi connectivity index (χ3v) is 5.71. The van der Waals surface area contributed by atoms with Crippen molar-refractivity contribution in [3.05, 3.63) is 35.7 Å². The van der Waals surface area contributed by atoms with E-state index in [0.717, 1.165) is 25.1 Å². The summed E-state index contributed by atoms with van der Waals surface area (Å²) in [4.78, 5) is 15.8. The summed E-state index contributed by atoms with van der Waals surface area (Å²) in [6.07, 6.45) is 1.09. The second kappa shape index (κ2) is 6.73. The molecule has 144 valence electrons. The molecule has 0 saturated carbocycles. The van der Waals surface area contributed by atoms with Gasteiger partial charge in [-0.3, -0.25) is 0 Å². The van der Waals surface area contributed by atoms with Gasteiger partial charge in [0, 0.05) is 30.7 Å². The zero-order chi connectivity index (χ0) is 19.4. The Morgan fingerprint density at radius 1 is 1.04 bits per heavy atom. The first-order valence-corrected chi connectivity index (χ1v) is 10.2. The van der Waals surface area contributed by atoms with Crippen LogP contribution in [0, 0.1) is 0 Å². The van der Waals surface area contributed by atoms with E-state index in [0.29, 0.717) is 23.9 Å². The molecular weight excluding hydrogens is 405 g/mol. The first kappa shape index (κ1) is 19.2. The van der Waals surface area contributed by atoms with Crippen molar-refractivity contribution in [2.24, 2.45) is 0 Å². The summed E-state index contributed by atoms with van der Waals surface area (Å²) in [5.41, 5.74) is 2.20. The van der Waals surface area contributed by atoms with E-state index in [4.69, 9.17) is 39.8 Å². The van der Waals surface area contributed by atoms with Crippen molar-refractivity contribution >= 4 is 40.8 Å². The molecule has 8 heteroatoms. The van der Waals surface area contributed by atoms with Crippen molar-refractivity contribution in [3.8, 4) is 11.4 Å². The number of aromatic nitrogens is 3. The molecule has 2 saturated heterocycles. The van der Waals surface area contributed by atoms with Crippen molar-refractivity contribution in [1.82, 2.24) is 20.3 Å². The van der Waals surface area contributed by atoms with Gasteiger partial charge in [0.05, 0.1) is 0 Å². The van der Waals surface area contributed by atoms with Gasteiger partial charge in [-0.05, 0) is 17.4 Å². The average Bonchev–Trinajstić information content (AvgIpc) is 3.23. The number of anilines is 1. The Bertz CT molecular complexity index is 842. The number of hydrogen-bond acceptors (Lipinski definition) is 5. The number of piperazine rings is 1. The first-order chi connectivity index (χ1) is 12.6. The molecule has 27 heavy (non-hydrogen) atoms. The monoisotopic (exact) mass is 425 g/mol. The van der Waals surface area contributed by atoms with Crippen molar-refractivity contribution in [1.29, 1.82) is 0 Å². The topological polar surface area (TPSA) is 53.9 Å². The van der Waals surface area contributed by atoms with E-state index in [1.165, 1.54) is 5.56 Å². The number of halogens is 3.